The molecule has 0 saturated carbocycles. The summed E-state index contributed by atoms with van der Waals surface area (Å²) in [6, 6.07) is 12.3. The van der Waals surface area contributed by atoms with Crippen molar-refractivity contribution < 1.29 is 12.8 Å². The summed E-state index contributed by atoms with van der Waals surface area (Å²) in [5, 5.41) is 4.69. The second-order valence-corrected chi connectivity index (χ2v) is 7.46. The van der Waals surface area contributed by atoms with Crippen LogP contribution in [0.1, 0.15) is 0 Å². The van der Waals surface area contributed by atoms with Crippen molar-refractivity contribution >= 4 is 38.6 Å². The normalized spacial score (nSPS) is 11.2. The van der Waals surface area contributed by atoms with Gasteiger partial charge in [-0.15, -0.1) is 11.3 Å². The van der Waals surface area contributed by atoms with Crippen LogP contribution in [0.25, 0.3) is 0 Å². The topological polar surface area (TPSA) is 71.1 Å². The standard InChI is InChI=1S/C15H12FN3O2S2/c16-11-3-5-12(6-4-11)18-14-8-7-13(10-17-14)19-23(20,21)15-2-1-9-22-15/h1-10,19H,(H,17,18). The van der Waals surface area contributed by atoms with E-state index in [-0.39, 0.29) is 10.0 Å². The largest absolute Gasteiger partial charge is 0.340 e. The lowest BCUT2D eigenvalue weighted by Gasteiger charge is -2.08. The van der Waals surface area contributed by atoms with Gasteiger partial charge < -0.3 is 5.32 Å². The first-order valence-electron chi connectivity index (χ1n) is 6.58. The summed E-state index contributed by atoms with van der Waals surface area (Å²) < 4.78 is 39.7. The molecule has 0 atom stereocenters. The third-order valence-electron chi connectivity index (χ3n) is 2.89. The number of hydrogen-bond donors (Lipinski definition) is 2. The van der Waals surface area contributed by atoms with Crippen LogP contribution in [0.15, 0.2) is 64.3 Å². The fourth-order valence-corrected chi connectivity index (χ4v) is 3.87. The van der Waals surface area contributed by atoms with Gasteiger partial charge in [0.15, 0.2) is 0 Å². The molecule has 0 aliphatic heterocycles. The number of aromatic nitrogens is 1. The van der Waals surface area contributed by atoms with Gasteiger partial charge in [0.1, 0.15) is 15.8 Å². The second-order valence-electron chi connectivity index (χ2n) is 4.60. The average molecular weight is 349 g/mol. The van der Waals surface area contributed by atoms with E-state index in [1.807, 2.05) is 0 Å². The molecule has 2 N–H and O–H groups in total. The van der Waals surface area contributed by atoms with Crippen LogP contribution in [0, 0.1) is 5.82 Å². The molecule has 5 nitrogen and oxygen atoms in total. The molecule has 118 valence electrons. The van der Waals surface area contributed by atoms with Crippen molar-refractivity contribution in [2.75, 3.05) is 10.0 Å². The van der Waals surface area contributed by atoms with Crippen LogP contribution in [0.2, 0.25) is 0 Å². The van der Waals surface area contributed by atoms with Crippen molar-refractivity contribution in [2.24, 2.45) is 0 Å². The summed E-state index contributed by atoms with van der Waals surface area (Å²) in [6.07, 6.45) is 1.41. The number of nitrogens with zero attached hydrogens (tertiary/aromatic N) is 1. The van der Waals surface area contributed by atoms with Crippen LogP contribution in [0.3, 0.4) is 0 Å². The van der Waals surface area contributed by atoms with Gasteiger partial charge in [-0.25, -0.2) is 17.8 Å². The summed E-state index contributed by atoms with van der Waals surface area (Å²) in [6.45, 7) is 0. The lowest BCUT2D eigenvalue weighted by molar-refractivity contribution is 0.603. The molecule has 23 heavy (non-hydrogen) atoms. The minimum Gasteiger partial charge on any atom is -0.340 e. The molecule has 8 heteroatoms. The fraction of sp³-hybridized carbons (Fsp3) is 0. The Hall–Kier alpha value is -2.45. The molecule has 0 bridgehead atoms. The van der Waals surface area contributed by atoms with Gasteiger partial charge in [-0.05, 0) is 47.8 Å². The predicted octanol–water partition coefficient (Wildman–Crippen LogP) is 3.83. The highest BCUT2D eigenvalue weighted by atomic mass is 32.2. The first-order chi connectivity index (χ1) is 11.0. The van der Waals surface area contributed by atoms with Gasteiger partial charge in [-0.3, -0.25) is 4.72 Å². The van der Waals surface area contributed by atoms with Gasteiger partial charge in [0, 0.05) is 5.69 Å². The summed E-state index contributed by atoms with van der Waals surface area (Å²) in [7, 11) is -3.58. The lowest BCUT2D eigenvalue weighted by Crippen LogP contribution is -2.11. The molecule has 0 amide bonds. The predicted molar refractivity (Wildman–Crippen MR) is 89.0 cm³/mol. The van der Waals surface area contributed by atoms with E-state index in [1.54, 1.807) is 35.7 Å². The number of anilines is 3. The highest BCUT2D eigenvalue weighted by Crippen LogP contribution is 2.21. The zero-order chi connectivity index (χ0) is 16.3. The molecule has 3 rings (SSSR count). The van der Waals surface area contributed by atoms with Gasteiger partial charge in [-0.2, -0.15) is 0 Å². The number of sulfonamides is 1. The molecule has 0 fully saturated rings. The first kappa shape index (κ1) is 15.4. The molecule has 0 unspecified atom stereocenters. The summed E-state index contributed by atoms with van der Waals surface area (Å²) in [5.41, 5.74) is 1.05. The Labute approximate surface area is 136 Å². The number of hydrogen-bond acceptors (Lipinski definition) is 5. The Balaban J connectivity index is 1.71. The van der Waals surface area contributed by atoms with Gasteiger partial charge >= 0.3 is 0 Å². The van der Waals surface area contributed by atoms with Crippen LogP contribution < -0.4 is 10.0 Å². The number of halogens is 1. The zero-order valence-corrected chi connectivity index (χ0v) is 13.4. The number of benzene rings is 1. The lowest BCUT2D eigenvalue weighted by atomic mass is 10.3. The van der Waals surface area contributed by atoms with Crippen LogP contribution in [-0.4, -0.2) is 13.4 Å². The van der Waals surface area contributed by atoms with E-state index >= 15 is 0 Å². The molecule has 0 saturated heterocycles. The minimum atomic E-state index is -3.58. The van der Waals surface area contributed by atoms with Crippen LogP contribution in [0.4, 0.5) is 21.6 Å². The summed E-state index contributed by atoms with van der Waals surface area (Å²) in [4.78, 5) is 4.13. The molecule has 1 aromatic carbocycles. The van der Waals surface area contributed by atoms with Gasteiger partial charge in [0.25, 0.3) is 10.0 Å². The summed E-state index contributed by atoms with van der Waals surface area (Å²) in [5.74, 6) is 0.206. The van der Waals surface area contributed by atoms with Crippen molar-refractivity contribution in [3.05, 3.63) is 65.9 Å². The average Bonchev–Trinajstić information content (AvgIpc) is 3.07. The van der Waals surface area contributed by atoms with Crippen molar-refractivity contribution in [2.45, 2.75) is 4.21 Å². The smallest absolute Gasteiger partial charge is 0.271 e. The van der Waals surface area contributed by atoms with Crippen LogP contribution in [-0.2, 0) is 10.0 Å². The van der Waals surface area contributed by atoms with Crippen molar-refractivity contribution in [3.63, 3.8) is 0 Å². The van der Waals surface area contributed by atoms with Crippen molar-refractivity contribution in [1.29, 1.82) is 0 Å². The number of rotatable bonds is 5. The Kier molecular flexibility index (Phi) is 4.26. The number of pyridine rings is 1. The molecule has 2 heterocycles. The van der Waals surface area contributed by atoms with E-state index in [4.69, 9.17) is 0 Å². The van der Waals surface area contributed by atoms with Crippen molar-refractivity contribution in [1.82, 2.24) is 4.98 Å². The first-order valence-corrected chi connectivity index (χ1v) is 8.94. The Morgan fingerprint density at radius 2 is 1.74 bits per heavy atom. The van der Waals surface area contributed by atoms with E-state index in [0.29, 0.717) is 17.2 Å². The highest BCUT2D eigenvalue weighted by molar-refractivity contribution is 7.94. The Morgan fingerprint density at radius 3 is 2.35 bits per heavy atom. The Bertz CT molecular complexity index is 877. The zero-order valence-electron chi connectivity index (χ0n) is 11.7. The summed E-state index contributed by atoms with van der Waals surface area (Å²) >= 11 is 1.14. The quantitative estimate of drug-likeness (QED) is 0.734. The molecule has 2 aromatic heterocycles. The van der Waals surface area contributed by atoms with Crippen LogP contribution >= 0.6 is 11.3 Å². The number of nitrogens with one attached hydrogen (secondary N) is 2. The van der Waals surface area contributed by atoms with Crippen LogP contribution in [0.5, 0.6) is 0 Å². The highest BCUT2D eigenvalue weighted by Gasteiger charge is 2.15. The van der Waals surface area contributed by atoms with E-state index in [9.17, 15) is 12.8 Å². The monoisotopic (exact) mass is 349 g/mol. The third kappa shape index (κ3) is 3.85. The molecule has 0 spiro atoms. The van der Waals surface area contributed by atoms with Gasteiger partial charge in [0.2, 0.25) is 0 Å². The third-order valence-corrected chi connectivity index (χ3v) is 5.67. The van der Waals surface area contributed by atoms with E-state index < -0.39 is 10.0 Å². The maximum absolute atomic E-state index is 12.8. The molecule has 0 aliphatic rings. The number of thiophene rings is 1. The SMILES string of the molecule is O=S(=O)(Nc1ccc(Nc2ccc(F)cc2)nc1)c1cccs1. The molecule has 3 aromatic rings. The Morgan fingerprint density at radius 1 is 1.00 bits per heavy atom. The van der Waals surface area contributed by atoms with E-state index in [1.165, 1.54) is 24.4 Å². The van der Waals surface area contributed by atoms with Gasteiger partial charge in [0.05, 0.1) is 11.9 Å². The maximum Gasteiger partial charge on any atom is 0.271 e. The van der Waals surface area contributed by atoms with E-state index in [0.717, 1.165) is 11.3 Å². The second kappa shape index (κ2) is 6.35. The molecule has 0 aliphatic carbocycles. The van der Waals surface area contributed by atoms with Gasteiger partial charge in [-0.1, -0.05) is 6.07 Å². The molecular formula is C15H12FN3O2S2. The fourth-order valence-electron chi connectivity index (χ4n) is 1.83. The van der Waals surface area contributed by atoms with E-state index in [2.05, 4.69) is 15.0 Å². The molecule has 0 radical (unpaired) electrons. The minimum absolute atomic E-state index is 0.242. The van der Waals surface area contributed by atoms with Crippen molar-refractivity contribution in [3.8, 4) is 0 Å². The maximum atomic E-state index is 12.8. The molecular weight excluding hydrogens is 337 g/mol.